The topological polar surface area (TPSA) is 69.4 Å². The maximum atomic E-state index is 14.6. The second-order valence-electron chi connectivity index (χ2n) is 13.4. The summed E-state index contributed by atoms with van der Waals surface area (Å²) in [5.74, 6) is 0.207. The van der Waals surface area contributed by atoms with E-state index in [0.717, 1.165) is 41.0 Å². The molecule has 4 aliphatic rings. The lowest BCUT2D eigenvalue weighted by Gasteiger charge is -2.41. The summed E-state index contributed by atoms with van der Waals surface area (Å²) < 4.78 is 21.3. The van der Waals surface area contributed by atoms with Crippen LogP contribution in [0.1, 0.15) is 36.9 Å². The Hall–Kier alpha value is -3.94. The minimum atomic E-state index is -0.442. The Morgan fingerprint density at radius 3 is 2.76 bits per heavy atom. The van der Waals surface area contributed by atoms with Crippen molar-refractivity contribution in [3.63, 3.8) is 0 Å². The molecule has 0 unspecified atom stereocenters. The summed E-state index contributed by atoms with van der Waals surface area (Å²) in [5.41, 5.74) is 3.14. The molecule has 1 aromatic heterocycles. The van der Waals surface area contributed by atoms with Crippen LogP contribution >= 0.6 is 11.6 Å². The highest BCUT2D eigenvalue weighted by Gasteiger charge is 2.54. The summed E-state index contributed by atoms with van der Waals surface area (Å²) in [6.45, 7) is 14.1. The van der Waals surface area contributed by atoms with Crippen LogP contribution in [0.25, 0.3) is 15.6 Å². The molecule has 0 bridgehead atoms. The molecule has 2 aromatic carbocycles. The largest absolute Gasteiger partial charge is 0.458 e. The molecule has 2 saturated carbocycles. The van der Waals surface area contributed by atoms with E-state index in [4.69, 9.17) is 32.9 Å². The van der Waals surface area contributed by atoms with Gasteiger partial charge < -0.3 is 29.2 Å². The third-order valence-electron chi connectivity index (χ3n) is 10.4. The molecule has 1 spiro atoms. The number of fused-ring (bicyclic) bond motifs is 2. The fourth-order valence-electron chi connectivity index (χ4n) is 7.76. The summed E-state index contributed by atoms with van der Waals surface area (Å²) in [6, 6.07) is 9.43. The summed E-state index contributed by atoms with van der Waals surface area (Å²) >= 11 is 6.54. The first-order valence-electron chi connectivity index (χ1n) is 16.1. The zero-order valence-corrected chi connectivity index (χ0v) is 27.1. The second-order valence-corrected chi connectivity index (χ2v) is 13.8. The fourth-order valence-corrected chi connectivity index (χ4v) is 8.03. The molecule has 3 aromatic rings. The number of hydrogen-bond acceptors (Lipinski definition) is 7. The Morgan fingerprint density at radius 2 is 2.02 bits per heavy atom. The summed E-state index contributed by atoms with van der Waals surface area (Å²) in [4.78, 5) is 34.8. The molecule has 3 fully saturated rings. The van der Waals surface area contributed by atoms with Crippen LogP contribution in [0, 0.1) is 17.8 Å². The quantitative estimate of drug-likeness (QED) is 0.254. The van der Waals surface area contributed by atoms with Crippen molar-refractivity contribution in [3.05, 3.63) is 76.5 Å². The van der Waals surface area contributed by atoms with Gasteiger partial charge in [-0.1, -0.05) is 36.4 Å². The van der Waals surface area contributed by atoms with Gasteiger partial charge in [0.15, 0.2) is 0 Å². The highest BCUT2D eigenvalue weighted by atomic mass is 35.5. The summed E-state index contributed by atoms with van der Waals surface area (Å²) in [5, 5.41) is 1.69. The van der Waals surface area contributed by atoms with E-state index in [1.807, 2.05) is 18.2 Å². The zero-order valence-electron chi connectivity index (χ0n) is 26.4. The number of nitrogens with zero attached hydrogens (tertiary/aromatic N) is 7. The molecule has 9 nitrogen and oxygen atoms in total. The molecule has 46 heavy (non-hydrogen) atoms. The van der Waals surface area contributed by atoms with Crippen molar-refractivity contribution in [2.24, 2.45) is 5.41 Å². The third kappa shape index (κ3) is 5.54. The number of likely N-dealkylation sites (N-methyl/N-ethyl adjacent to an activating group) is 1. The van der Waals surface area contributed by atoms with Crippen LogP contribution in [0.5, 0.6) is 6.01 Å². The van der Waals surface area contributed by atoms with E-state index < -0.39 is 5.82 Å². The maximum absolute atomic E-state index is 14.6. The van der Waals surface area contributed by atoms with E-state index in [1.165, 1.54) is 25.0 Å². The molecule has 0 N–H and O–H groups in total. The molecule has 3 atom stereocenters. The third-order valence-corrected chi connectivity index (χ3v) is 10.8. The number of aromatic nitrogens is 2. The first-order valence-corrected chi connectivity index (χ1v) is 16.4. The molecule has 0 radical (unpaired) electrons. The van der Waals surface area contributed by atoms with Crippen molar-refractivity contribution in [2.75, 3.05) is 56.6 Å². The standard InChI is InChI=1S/C35H39ClFN7O2/c1-5-30(45)44-16-15-43(20-23(44)19-38-2)33-24-11-14-42(27-8-6-7-22-9-10-25(37)32(36)31(22)27)21-26(24)39-34(40-33)46-29-18-35(12-13-35)17-28(29)41(3)4/h5-10,23,28-29H,1,11-21H2,3-4H3/t23-,28+,29+/m0/s1. The van der Waals surface area contributed by atoms with Crippen molar-refractivity contribution in [1.29, 1.82) is 0 Å². The number of piperazine rings is 1. The highest BCUT2D eigenvalue weighted by Crippen LogP contribution is 2.59. The average Bonchev–Trinajstić information content (AvgIpc) is 3.72. The van der Waals surface area contributed by atoms with Crippen LogP contribution in [0.3, 0.4) is 0 Å². The number of halogens is 2. The molecule has 2 aliphatic carbocycles. The van der Waals surface area contributed by atoms with Gasteiger partial charge in [-0.15, -0.1) is 0 Å². The van der Waals surface area contributed by atoms with E-state index in [-0.39, 0.29) is 35.7 Å². The van der Waals surface area contributed by atoms with Gasteiger partial charge in [0.1, 0.15) is 23.8 Å². The zero-order chi connectivity index (χ0) is 32.2. The Kier molecular flexibility index (Phi) is 8.02. The molecule has 240 valence electrons. The van der Waals surface area contributed by atoms with Gasteiger partial charge in [-0.05, 0) is 75.2 Å². The Balaban J connectivity index is 1.26. The van der Waals surface area contributed by atoms with E-state index in [9.17, 15) is 9.18 Å². The highest BCUT2D eigenvalue weighted by molar-refractivity contribution is 6.36. The number of rotatable bonds is 7. The van der Waals surface area contributed by atoms with Crippen LogP contribution in [-0.4, -0.2) is 90.7 Å². The summed E-state index contributed by atoms with van der Waals surface area (Å²) in [6.07, 6.45) is 6.57. The van der Waals surface area contributed by atoms with Crippen molar-refractivity contribution in [3.8, 4) is 6.01 Å². The minimum absolute atomic E-state index is 0.0140. The molecule has 2 aliphatic heterocycles. The van der Waals surface area contributed by atoms with Crippen LogP contribution in [-0.2, 0) is 17.8 Å². The SMILES string of the molecule is [C-]#[N+]C[C@H]1CN(c2nc(O[C@@H]3CC4(CC4)C[C@H]3N(C)C)nc3c2CCN(c2cccc4ccc(F)c(Cl)c24)C3)CCN1C(=O)C=C. The monoisotopic (exact) mass is 643 g/mol. The Bertz CT molecular complexity index is 1740. The smallest absolute Gasteiger partial charge is 0.319 e. The number of carbonyl (C=O) groups is 1. The maximum Gasteiger partial charge on any atom is 0.319 e. The lowest BCUT2D eigenvalue weighted by molar-refractivity contribution is -0.128. The Morgan fingerprint density at radius 1 is 1.20 bits per heavy atom. The molecular formula is C35H39ClFN7O2. The second kappa shape index (κ2) is 12.0. The number of anilines is 2. The van der Waals surface area contributed by atoms with Gasteiger partial charge in [0, 0.05) is 48.9 Å². The predicted octanol–water partition coefficient (Wildman–Crippen LogP) is 5.36. The molecule has 1 saturated heterocycles. The van der Waals surface area contributed by atoms with Crippen LogP contribution in [0.4, 0.5) is 15.9 Å². The van der Waals surface area contributed by atoms with Gasteiger partial charge in [0.25, 0.3) is 0 Å². The van der Waals surface area contributed by atoms with E-state index in [2.05, 4.69) is 40.2 Å². The molecular weight excluding hydrogens is 605 g/mol. The van der Waals surface area contributed by atoms with Crippen molar-refractivity contribution < 1.29 is 13.9 Å². The van der Waals surface area contributed by atoms with Gasteiger partial charge in [-0.25, -0.2) is 11.0 Å². The van der Waals surface area contributed by atoms with E-state index >= 15 is 0 Å². The molecule has 3 heterocycles. The van der Waals surface area contributed by atoms with Gasteiger partial charge >= 0.3 is 6.01 Å². The number of amides is 1. The first kappa shape index (κ1) is 30.7. The van der Waals surface area contributed by atoms with Gasteiger partial charge in [-0.2, -0.15) is 9.97 Å². The normalized spacial score (nSPS) is 23.5. The average molecular weight is 644 g/mol. The molecule has 11 heteroatoms. The lowest BCUT2D eigenvalue weighted by atomic mass is 10.0. The van der Waals surface area contributed by atoms with Crippen LogP contribution < -0.4 is 14.5 Å². The lowest BCUT2D eigenvalue weighted by Crippen LogP contribution is -2.56. The minimum Gasteiger partial charge on any atom is -0.458 e. The molecule has 7 rings (SSSR count). The fraction of sp³-hybridized carbons (Fsp3) is 0.486. The number of hydrogen-bond donors (Lipinski definition) is 0. The first-order chi connectivity index (χ1) is 22.2. The van der Waals surface area contributed by atoms with Crippen LogP contribution in [0.2, 0.25) is 5.02 Å². The van der Waals surface area contributed by atoms with Crippen molar-refractivity contribution in [2.45, 2.75) is 56.8 Å². The predicted molar refractivity (Wildman–Crippen MR) is 178 cm³/mol. The Labute approximate surface area is 274 Å². The van der Waals surface area contributed by atoms with Gasteiger partial charge in [0.2, 0.25) is 12.5 Å². The number of benzene rings is 2. The van der Waals surface area contributed by atoms with Gasteiger partial charge in [-0.3, -0.25) is 4.79 Å². The number of carbonyl (C=O) groups excluding carboxylic acids is 1. The molecule has 1 amide bonds. The van der Waals surface area contributed by atoms with Crippen molar-refractivity contribution >= 4 is 39.8 Å². The van der Waals surface area contributed by atoms with Gasteiger partial charge in [0.05, 0.1) is 17.3 Å². The van der Waals surface area contributed by atoms with Crippen molar-refractivity contribution in [1.82, 2.24) is 19.8 Å². The summed E-state index contributed by atoms with van der Waals surface area (Å²) in [7, 11) is 4.22. The van der Waals surface area contributed by atoms with E-state index in [1.54, 1.807) is 11.0 Å². The van der Waals surface area contributed by atoms with Crippen LogP contribution in [0.15, 0.2) is 43.0 Å². The number of ether oxygens (including phenoxy) is 1. The van der Waals surface area contributed by atoms with E-state index in [0.29, 0.717) is 56.0 Å².